The number of aryl methyl sites for hydroxylation is 2. The molecule has 0 bridgehead atoms. The third-order valence-electron chi connectivity index (χ3n) is 4.95. The molecule has 2 heterocycles. The summed E-state index contributed by atoms with van der Waals surface area (Å²) in [5.74, 6) is -1.10. The number of sulfone groups is 1. The summed E-state index contributed by atoms with van der Waals surface area (Å²) in [6.45, 7) is 3.45. The molecule has 1 fully saturated rings. The molecule has 0 saturated carbocycles. The van der Waals surface area contributed by atoms with Gasteiger partial charge in [-0.15, -0.1) is 0 Å². The quantitative estimate of drug-likeness (QED) is 0.624. The number of ether oxygens (including phenoxy) is 1. The minimum Gasteiger partial charge on any atom is -0.483 e. The summed E-state index contributed by atoms with van der Waals surface area (Å²) in [7, 11) is -3.20. The number of hydrogen-bond acceptors (Lipinski definition) is 7. The molecule has 0 aliphatic carbocycles. The first-order valence-electron chi connectivity index (χ1n) is 9.54. The van der Waals surface area contributed by atoms with Gasteiger partial charge in [-0.2, -0.15) is 5.10 Å². The zero-order chi connectivity index (χ0) is 21.9. The first-order chi connectivity index (χ1) is 14.2. The second-order valence-corrected chi connectivity index (χ2v) is 9.58. The van der Waals surface area contributed by atoms with Crippen LogP contribution in [0.15, 0.2) is 23.3 Å². The normalized spacial score (nSPS) is 20.5. The van der Waals surface area contributed by atoms with Crippen LogP contribution in [0.2, 0.25) is 0 Å². The van der Waals surface area contributed by atoms with Crippen LogP contribution >= 0.6 is 0 Å². The van der Waals surface area contributed by atoms with Gasteiger partial charge in [0.25, 0.3) is 11.8 Å². The topological polar surface area (TPSA) is 134 Å². The molecule has 11 heteroatoms. The smallest absolute Gasteiger partial charge is 0.285 e. The predicted octanol–water partition coefficient (Wildman–Crippen LogP) is -0.00486. The minimum absolute atomic E-state index is 0.00504. The van der Waals surface area contributed by atoms with Crippen LogP contribution in [-0.2, 0) is 24.2 Å². The molecule has 1 aromatic carbocycles. The van der Waals surface area contributed by atoms with Gasteiger partial charge >= 0.3 is 0 Å². The largest absolute Gasteiger partial charge is 0.483 e. The molecule has 2 N–H and O–H groups in total. The minimum atomic E-state index is -3.20. The van der Waals surface area contributed by atoms with Crippen LogP contribution in [0.25, 0.3) is 0 Å². The monoisotopic (exact) mass is 436 g/mol. The Labute approximate surface area is 174 Å². The molecule has 10 nitrogen and oxygen atoms in total. The van der Waals surface area contributed by atoms with E-state index in [9.17, 15) is 22.8 Å². The third kappa shape index (κ3) is 5.15. The summed E-state index contributed by atoms with van der Waals surface area (Å²) >= 11 is 0. The lowest BCUT2D eigenvalue weighted by atomic mass is 10.1. The molecule has 1 aromatic rings. The van der Waals surface area contributed by atoms with Crippen molar-refractivity contribution in [2.45, 2.75) is 39.2 Å². The third-order valence-corrected chi connectivity index (χ3v) is 6.70. The highest BCUT2D eigenvalue weighted by Gasteiger charge is 2.37. The number of rotatable bonds is 5. The Bertz CT molecular complexity index is 984. The van der Waals surface area contributed by atoms with E-state index in [-0.39, 0.29) is 42.6 Å². The number of benzene rings is 1. The van der Waals surface area contributed by atoms with Gasteiger partial charge < -0.3 is 4.74 Å². The van der Waals surface area contributed by atoms with Gasteiger partial charge in [0.2, 0.25) is 5.91 Å². The number of hydrazone groups is 1. The van der Waals surface area contributed by atoms with E-state index in [1.54, 1.807) is 0 Å². The Morgan fingerprint density at radius 3 is 2.53 bits per heavy atom. The average molecular weight is 436 g/mol. The van der Waals surface area contributed by atoms with E-state index in [1.807, 2.05) is 32.0 Å². The van der Waals surface area contributed by atoms with Crippen molar-refractivity contribution in [1.29, 1.82) is 0 Å². The zero-order valence-corrected chi connectivity index (χ0v) is 17.6. The van der Waals surface area contributed by atoms with Gasteiger partial charge in [-0.25, -0.2) is 13.4 Å². The molecule has 1 atom stereocenters. The lowest BCUT2D eigenvalue weighted by molar-refractivity contribution is -0.134. The van der Waals surface area contributed by atoms with E-state index in [0.29, 0.717) is 12.2 Å². The van der Waals surface area contributed by atoms with E-state index in [2.05, 4.69) is 16.0 Å². The number of amides is 3. The maximum atomic E-state index is 12.3. The van der Waals surface area contributed by atoms with Crippen LogP contribution < -0.4 is 15.6 Å². The van der Waals surface area contributed by atoms with E-state index in [4.69, 9.17) is 4.74 Å². The molecule has 0 spiro atoms. The number of carbonyl (C=O) groups excluding carboxylic acids is 3. The van der Waals surface area contributed by atoms with Gasteiger partial charge in [-0.3, -0.25) is 25.2 Å². The fraction of sp³-hybridized carbons (Fsp3) is 0.474. The molecule has 0 radical (unpaired) electrons. The van der Waals surface area contributed by atoms with Crippen molar-refractivity contribution in [2.24, 2.45) is 5.10 Å². The summed E-state index contributed by atoms with van der Waals surface area (Å²) in [6.07, 6.45) is 0.445. The predicted molar refractivity (Wildman–Crippen MR) is 108 cm³/mol. The van der Waals surface area contributed by atoms with E-state index >= 15 is 0 Å². The van der Waals surface area contributed by atoms with Gasteiger partial charge in [0, 0.05) is 12.8 Å². The summed E-state index contributed by atoms with van der Waals surface area (Å²) < 4.78 is 28.9. The molecule has 30 heavy (non-hydrogen) atoms. The van der Waals surface area contributed by atoms with Crippen LogP contribution in [0.1, 0.15) is 30.4 Å². The van der Waals surface area contributed by atoms with Crippen molar-refractivity contribution in [1.82, 2.24) is 15.9 Å². The summed E-state index contributed by atoms with van der Waals surface area (Å²) in [5, 5.41) is 5.14. The first kappa shape index (κ1) is 21.8. The SMILES string of the molecule is Cc1cccc(C)c1OCC(=O)NNC(=O)C1=NN(C2CCS(=O)(=O)C2)C(=O)CC1. The highest BCUT2D eigenvalue weighted by atomic mass is 32.2. The molecular weight excluding hydrogens is 412 g/mol. The molecule has 162 valence electrons. The van der Waals surface area contributed by atoms with E-state index < -0.39 is 27.7 Å². The average Bonchev–Trinajstić information content (AvgIpc) is 3.05. The Kier molecular flexibility index (Phi) is 6.40. The lowest BCUT2D eigenvalue weighted by Gasteiger charge is -2.27. The van der Waals surface area contributed by atoms with Crippen LogP contribution in [0.5, 0.6) is 5.75 Å². The summed E-state index contributed by atoms with van der Waals surface area (Å²) in [4.78, 5) is 36.4. The number of hydrazine groups is 1. The fourth-order valence-corrected chi connectivity index (χ4v) is 5.08. The second-order valence-electron chi connectivity index (χ2n) is 7.35. The molecule has 3 amide bonds. The van der Waals surface area contributed by atoms with Crippen LogP contribution in [0.4, 0.5) is 0 Å². The molecular formula is C19H24N4O6S. The van der Waals surface area contributed by atoms with Crippen LogP contribution in [-0.4, -0.2) is 61.0 Å². The first-order valence-corrected chi connectivity index (χ1v) is 11.4. The molecule has 3 rings (SSSR count). The standard InChI is InChI=1S/C19H24N4O6S/c1-12-4-3-5-13(2)18(12)29-10-16(24)20-21-19(26)15-6-7-17(25)23(22-15)14-8-9-30(27,28)11-14/h3-5,14H,6-11H2,1-2H3,(H,20,24)(H,21,26). The summed E-state index contributed by atoms with van der Waals surface area (Å²) in [5.41, 5.74) is 6.34. The fourth-order valence-electron chi connectivity index (χ4n) is 3.39. The highest BCUT2D eigenvalue weighted by molar-refractivity contribution is 7.91. The number of carbonyl (C=O) groups is 3. The lowest BCUT2D eigenvalue weighted by Crippen LogP contribution is -2.49. The van der Waals surface area contributed by atoms with Crippen molar-refractivity contribution in [2.75, 3.05) is 18.1 Å². The second kappa shape index (κ2) is 8.82. The van der Waals surface area contributed by atoms with Gasteiger partial charge in [-0.05, 0) is 31.4 Å². The van der Waals surface area contributed by atoms with E-state index in [0.717, 1.165) is 16.1 Å². The van der Waals surface area contributed by atoms with Gasteiger partial charge in [0.05, 0.1) is 17.5 Å². The zero-order valence-electron chi connectivity index (χ0n) is 16.8. The Morgan fingerprint density at radius 2 is 1.90 bits per heavy atom. The van der Waals surface area contributed by atoms with Gasteiger partial charge in [0.1, 0.15) is 11.5 Å². The molecule has 1 saturated heterocycles. The maximum Gasteiger partial charge on any atom is 0.285 e. The van der Waals surface area contributed by atoms with Crippen LogP contribution in [0, 0.1) is 13.8 Å². The molecule has 2 aliphatic rings. The number of nitrogens with one attached hydrogen (secondary N) is 2. The van der Waals surface area contributed by atoms with Gasteiger partial charge in [-0.1, -0.05) is 18.2 Å². The van der Waals surface area contributed by atoms with E-state index in [1.165, 1.54) is 0 Å². The Morgan fingerprint density at radius 1 is 1.20 bits per heavy atom. The van der Waals surface area contributed by atoms with Crippen molar-refractivity contribution < 1.29 is 27.5 Å². The van der Waals surface area contributed by atoms with Gasteiger partial charge in [0.15, 0.2) is 16.4 Å². The summed E-state index contributed by atoms with van der Waals surface area (Å²) in [6, 6.07) is 5.06. The number of hydrogen-bond donors (Lipinski definition) is 2. The van der Waals surface area contributed by atoms with Crippen molar-refractivity contribution >= 4 is 33.3 Å². The Balaban J connectivity index is 1.54. The molecule has 0 aromatic heterocycles. The van der Waals surface area contributed by atoms with Crippen molar-refractivity contribution in [3.05, 3.63) is 29.3 Å². The highest BCUT2D eigenvalue weighted by Crippen LogP contribution is 2.23. The Hall–Kier alpha value is -2.95. The molecule has 2 aliphatic heterocycles. The number of para-hydroxylation sites is 1. The molecule has 1 unspecified atom stereocenters. The van der Waals surface area contributed by atoms with Crippen molar-refractivity contribution in [3.63, 3.8) is 0 Å². The van der Waals surface area contributed by atoms with Crippen molar-refractivity contribution in [3.8, 4) is 5.75 Å². The number of nitrogens with zero attached hydrogens (tertiary/aromatic N) is 2. The maximum absolute atomic E-state index is 12.3. The van der Waals surface area contributed by atoms with Crippen LogP contribution in [0.3, 0.4) is 0 Å².